The van der Waals surface area contributed by atoms with Crippen molar-refractivity contribution in [2.24, 2.45) is 11.1 Å². The minimum absolute atomic E-state index is 0. The van der Waals surface area contributed by atoms with E-state index in [1.165, 1.54) is 0 Å². The van der Waals surface area contributed by atoms with E-state index in [0.717, 1.165) is 11.1 Å². The highest BCUT2D eigenvalue weighted by Crippen LogP contribution is 2.35. The molecule has 0 saturated heterocycles. The van der Waals surface area contributed by atoms with Gasteiger partial charge in [-0.15, -0.1) is 12.4 Å². The number of benzene rings is 1. The molecule has 0 radical (unpaired) electrons. The molecule has 86 valence electrons. The predicted octanol–water partition coefficient (Wildman–Crippen LogP) is 3.17. The lowest BCUT2D eigenvalue weighted by molar-refractivity contribution is 0.317. The largest absolute Gasteiger partial charge is 0.508 e. The first kappa shape index (κ1) is 14.3. The van der Waals surface area contributed by atoms with E-state index in [2.05, 4.69) is 20.8 Å². The molecule has 0 fully saturated rings. The van der Waals surface area contributed by atoms with Gasteiger partial charge in [-0.2, -0.15) is 0 Å². The van der Waals surface area contributed by atoms with Crippen LogP contribution in [-0.4, -0.2) is 5.11 Å². The third kappa shape index (κ3) is 3.40. The van der Waals surface area contributed by atoms with Crippen LogP contribution in [0.3, 0.4) is 0 Å². The summed E-state index contributed by atoms with van der Waals surface area (Å²) in [4.78, 5) is 0. The lowest BCUT2D eigenvalue weighted by Gasteiger charge is -2.28. The number of phenolic OH excluding ortho intramolecular Hbond substituents is 1. The van der Waals surface area contributed by atoms with Crippen LogP contribution in [0.25, 0.3) is 0 Å². The molecule has 1 rings (SSSR count). The topological polar surface area (TPSA) is 46.2 Å². The highest BCUT2D eigenvalue weighted by atomic mass is 35.5. The van der Waals surface area contributed by atoms with Crippen molar-refractivity contribution < 1.29 is 5.11 Å². The normalized spacial score (nSPS) is 13.1. The summed E-state index contributed by atoms with van der Waals surface area (Å²) in [6, 6.07) is 5.40. The highest BCUT2D eigenvalue weighted by molar-refractivity contribution is 5.85. The second kappa shape index (κ2) is 4.86. The smallest absolute Gasteiger partial charge is 0.120 e. The summed E-state index contributed by atoms with van der Waals surface area (Å²) in [5.41, 5.74) is 8.00. The number of phenols is 1. The van der Waals surface area contributed by atoms with E-state index in [1.54, 1.807) is 6.07 Å². The van der Waals surface area contributed by atoms with E-state index in [1.807, 2.05) is 19.1 Å². The molecule has 0 spiro atoms. The summed E-state index contributed by atoms with van der Waals surface area (Å²) in [5, 5.41) is 9.69. The fraction of sp³-hybridized carbons (Fsp3) is 0.500. The first-order valence-electron chi connectivity index (χ1n) is 4.87. The van der Waals surface area contributed by atoms with E-state index < -0.39 is 0 Å². The summed E-state index contributed by atoms with van der Waals surface area (Å²) in [5.74, 6) is 0.290. The second-order valence-corrected chi connectivity index (χ2v) is 4.91. The molecule has 0 aliphatic carbocycles. The molecule has 0 unspecified atom stereocenters. The first-order chi connectivity index (χ1) is 6.32. The maximum atomic E-state index is 9.69. The maximum absolute atomic E-state index is 9.69. The van der Waals surface area contributed by atoms with Crippen LogP contribution in [0, 0.1) is 12.3 Å². The van der Waals surface area contributed by atoms with Gasteiger partial charge in [-0.25, -0.2) is 0 Å². The van der Waals surface area contributed by atoms with Gasteiger partial charge in [-0.1, -0.05) is 38.5 Å². The zero-order valence-electron chi connectivity index (χ0n) is 9.74. The van der Waals surface area contributed by atoms with Crippen molar-refractivity contribution in [3.05, 3.63) is 29.3 Å². The van der Waals surface area contributed by atoms with Crippen LogP contribution in [-0.2, 0) is 0 Å². The van der Waals surface area contributed by atoms with Crippen LogP contribution in [0.15, 0.2) is 18.2 Å². The molecule has 2 nitrogen and oxygen atoms in total. The monoisotopic (exact) mass is 229 g/mol. The molecule has 0 aliphatic heterocycles. The van der Waals surface area contributed by atoms with Crippen molar-refractivity contribution in [1.82, 2.24) is 0 Å². The van der Waals surface area contributed by atoms with Crippen LogP contribution in [0.1, 0.15) is 37.9 Å². The minimum atomic E-state index is -0.137. The van der Waals surface area contributed by atoms with E-state index in [9.17, 15) is 5.11 Å². The lowest BCUT2D eigenvalue weighted by atomic mass is 9.82. The number of aromatic hydroxyl groups is 1. The van der Waals surface area contributed by atoms with Crippen LogP contribution in [0.4, 0.5) is 0 Å². The summed E-state index contributed by atoms with van der Waals surface area (Å²) in [7, 11) is 0. The molecule has 0 aliphatic rings. The first-order valence-corrected chi connectivity index (χ1v) is 4.87. The number of hydrogen-bond donors (Lipinski definition) is 2. The zero-order chi connectivity index (χ0) is 10.9. The molecule has 0 heterocycles. The Kier molecular flexibility index (Phi) is 4.63. The molecule has 1 aromatic rings. The number of rotatable bonds is 1. The minimum Gasteiger partial charge on any atom is -0.508 e. The molecule has 1 aromatic carbocycles. The van der Waals surface area contributed by atoms with E-state index in [0.29, 0.717) is 0 Å². The quantitative estimate of drug-likeness (QED) is 0.777. The molecule has 3 heteroatoms. The van der Waals surface area contributed by atoms with Crippen LogP contribution in [0.5, 0.6) is 5.75 Å². The molecule has 3 N–H and O–H groups in total. The Labute approximate surface area is 97.9 Å². The van der Waals surface area contributed by atoms with Crippen LogP contribution in [0.2, 0.25) is 0 Å². The summed E-state index contributed by atoms with van der Waals surface area (Å²) >= 11 is 0. The van der Waals surface area contributed by atoms with E-state index in [4.69, 9.17) is 5.73 Å². The number of aryl methyl sites for hydroxylation is 1. The predicted molar refractivity (Wildman–Crippen MR) is 66.5 cm³/mol. The Morgan fingerprint density at radius 1 is 1.27 bits per heavy atom. The Balaban J connectivity index is 0.00000196. The summed E-state index contributed by atoms with van der Waals surface area (Å²) in [6.07, 6.45) is 0. The Hall–Kier alpha value is -0.730. The molecule has 1 atom stereocenters. The molecule has 0 amide bonds. The van der Waals surface area contributed by atoms with Crippen LogP contribution < -0.4 is 5.73 Å². The third-order valence-electron chi connectivity index (χ3n) is 2.45. The van der Waals surface area contributed by atoms with Crippen molar-refractivity contribution in [2.75, 3.05) is 0 Å². The number of hydrogen-bond acceptors (Lipinski definition) is 2. The van der Waals surface area contributed by atoms with E-state index in [-0.39, 0.29) is 29.6 Å². The van der Waals surface area contributed by atoms with Crippen molar-refractivity contribution in [1.29, 1.82) is 0 Å². The average molecular weight is 230 g/mol. The van der Waals surface area contributed by atoms with Gasteiger partial charge in [-0.3, -0.25) is 0 Å². The van der Waals surface area contributed by atoms with Gasteiger partial charge < -0.3 is 10.8 Å². The van der Waals surface area contributed by atoms with Gasteiger partial charge in [0.1, 0.15) is 5.75 Å². The van der Waals surface area contributed by atoms with Gasteiger partial charge in [0.25, 0.3) is 0 Å². The van der Waals surface area contributed by atoms with Gasteiger partial charge in [-0.05, 0) is 18.4 Å². The maximum Gasteiger partial charge on any atom is 0.120 e. The Bertz CT molecular complexity index is 331. The highest BCUT2D eigenvalue weighted by Gasteiger charge is 2.24. The number of halogens is 1. The molecular formula is C12H20ClNO. The standard InChI is InChI=1S/C12H19NO.ClH/c1-8-5-6-10(14)9(7-8)11(13)12(2,3)4;/h5-7,11,14H,13H2,1-4H3;1H/t11-;/m0./s1. The van der Waals surface area contributed by atoms with Crippen molar-refractivity contribution in [3.63, 3.8) is 0 Å². The van der Waals surface area contributed by atoms with Gasteiger partial charge in [0, 0.05) is 11.6 Å². The van der Waals surface area contributed by atoms with Crippen LogP contribution >= 0.6 is 12.4 Å². The van der Waals surface area contributed by atoms with Crippen molar-refractivity contribution in [2.45, 2.75) is 33.7 Å². The van der Waals surface area contributed by atoms with E-state index >= 15 is 0 Å². The van der Waals surface area contributed by atoms with Crippen molar-refractivity contribution in [3.8, 4) is 5.75 Å². The van der Waals surface area contributed by atoms with Crippen molar-refractivity contribution >= 4 is 12.4 Å². The van der Waals surface area contributed by atoms with Gasteiger partial charge in [0.15, 0.2) is 0 Å². The summed E-state index contributed by atoms with van der Waals surface area (Å²) in [6.45, 7) is 8.20. The fourth-order valence-corrected chi connectivity index (χ4v) is 1.39. The average Bonchev–Trinajstić information content (AvgIpc) is 2.06. The zero-order valence-corrected chi connectivity index (χ0v) is 10.6. The SMILES string of the molecule is Cc1ccc(O)c([C@H](N)C(C)(C)C)c1.Cl. The van der Waals surface area contributed by atoms with Gasteiger partial charge in [0.2, 0.25) is 0 Å². The molecule has 0 saturated carbocycles. The fourth-order valence-electron chi connectivity index (χ4n) is 1.39. The molecule has 0 bridgehead atoms. The molecule has 0 aromatic heterocycles. The Morgan fingerprint density at radius 2 is 1.80 bits per heavy atom. The third-order valence-corrected chi connectivity index (χ3v) is 2.45. The molecular weight excluding hydrogens is 210 g/mol. The second-order valence-electron chi connectivity index (χ2n) is 4.91. The van der Waals surface area contributed by atoms with Gasteiger partial charge >= 0.3 is 0 Å². The Morgan fingerprint density at radius 3 is 2.27 bits per heavy atom. The number of nitrogens with two attached hydrogens (primary N) is 1. The van der Waals surface area contributed by atoms with Gasteiger partial charge in [0.05, 0.1) is 0 Å². The molecule has 15 heavy (non-hydrogen) atoms. The lowest BCUT2D eigenvalue weighted by Crippen LogP contribution is -2.26. The summed E-state index contributed by atoms with van der Waals surface area (Å²) < 4.78 is 0.